The SMILES string of the molecule is CCC(O)C(O)CCc1ccc(OC)c(Cl)c1. The van der Waals surface area contributed by atoms with Gasteiger partial charge in [0.2, 0.25) is 0 Å². The van der Waals surface area contributed by atoms with Gasteiger partial charge in [-0.15, -0.1) is 0 Å². The number of aliphatic hydroxyl groups is 2. The first kappa shape index (κ1) is 14.3. The fraction of sp³-hybridized carbons (Fsp3) is 0.538. The Balaban J connectivity index is 2.55. The molecule has 0 aliphatic rings. The number of aryl methyl sites for hydroxylation is 1. The van der Waals surface area contributed by atoms with Gasteiger partial charge in [0.15, 0.2) is 0 Å². The molecule has 2 atom stereocenters. The zero-order chi connectivity index (χ0) is 12.8. The first-order valence-electron chi connectivity index (χ1n) is 5.77. The molecule has 0 aromatic heterocycles. The van der Waals surface area contributed by atoms with E-state index in [2.05, 4.69) is 0 Å². The summed E-state index contributed by atoms with van der Waals surface area (Å²) in [6.45, 7) is 1.85. The minimum atomic E-state index is -0.680. The topological polar surface area (TPSA) is 49.7 Å². The summed E-state index contributed by atoms with van der Waals surface area (Å²) in [6.07, 6.45) is 0.439. The van der Waals surface area contributed by atoms with Crippen LogP contribution in [0.5, 0.6) is 5.75 Å². The smallest absolute Gasteiger partial charge is 0.137 e. The van der Waals surface area contributed by atoms with Gasteiger partial charge in [0.25, 0.3) is 0 Å². The highest BCUT2D eigenvalue weighted by Crippen LogP contribution is 2.25. The lowest BCUT2D eigenvalue weighted by atomic mass is 10.0. The van der Waals surface area contributed by atoms with Gasteiger partial charge in [-0.1, -0.05) is 24.6 Å². The Bertz CT molecular complexity index is 355. The number of rotatable bonds is 6. The van der Waals surface area contributed by atoms with Crippen LogP contribution in [0.15, 0.2) is 18.2 Å². The second-order valence-corrected chi connectivity index (χ2v) is 4.46. The van der Waals surface area contributed by atoms with Crippen LogP contribution in [0, 0.1) is 0 Å². The third kappa shape index (κ3) is 4.19. The summed E-state index contributed by atoms with van der Waals surface area (Å²) in [5.74, 6) is 0.643. The van der Waals surface area contributed by atoms with Gasteiger partial charge in [0.05, 0.1) is 24.3 Å². The fourth-order valence-corrected chi connectivity index (χ4v) is 1.92. The molecule has 0 fully saturated rings. The van der Waals surface area contributed by atoms with E-state index >= 15 is 0 Å². The Morgan fingerprint density at radius 3 is 2.53 bits per heavy atom. The molecular formula is C13H19ClO3. The molecule has 96 valence electrons. The molecule has 0 heterocycles. The normalized spacial score (nSPS) is 14.4. The van der Waals surface area contributed by atoms with Crippen LogP contribution >= 0.6 is 11.6 Å². The van der Waals surface area contributed by atoms with Gasteiger partial charge in [0.1, 0.15) is 5.75 Å². The zero-order valence-electron chi connectivity index (χ0n) is 10.2. The predicted octanol–water partition coefficient (Wildman–Crippen LogP) is 2.41. The van der Waals surface area contributed by atoms with Crippen molar-refractivity contribution < 1.29 is 14.9 Å². The molecule has 0 amide bonds. The second-order valence-electron chi connectivity index (χ2n) is 4.05. The molecule has 0 saturated carbocycles. The standard InChI is InChI=1S/C13H19ClO3/c1-3-11(15)12(16)6-4-9-5-7-13(17-2)10(14)8-9/h5,7-8,11-12,15-16H,3-4,6H2,1-2H3. The van der Waals surface area contributed by atoms with E-state index in [1.807, 2.05) is 19.1 Å². The minimum Gasteiger partial charge on any atom is -0.495 e. The van der Waals surface area contributed by atoms with Crippen molar-refractivity contribution in [3.63, 3.8) is 0 Å². The number of hydrogen-bond acceptors (Lipinski definition) is 3. The van der Waals surface area contributed by atoms with E-state index in [1.54, 1.807) is 13.2 Å². The summed E-state index contributed by atoms with van der Waals surface area (Å²) in [5.41, 5.74) is 1.03. The summed E-state index contributed by atoms with van der Waals surface area (Å²) in [6, 6.07) is 5.54. The van der Waals surface area contributed by atoms with Crippen LogP contribution in [0.25, 0.3) is 0 Å². The molecule has 0 aliphatic heterocycles. The maximum Gasteiger partial charge on any atom is 0.137 e. The number of ether oxygens (including phenoxy) is 1. The third-order valence-corrected chi connectivity index (χ3v) is 3.10. The van der Waals surface area contributed by atoms with Crippen LogP contribution in [0.4, 0.5) is 0 Å². The molecule has 0 saturated heterocycles. The zero-order valence-corrected chi connectivity index (χ0v) is 10.9. The molecule has 3 nitrogen and oxygen atoms in total. The Labute approximate surface area is 107 Å². The van der Waals surface area contributed by atoms with E-state index in [0.29, 0.717) is 30.0 Å². The molecule has 0 aliphatic carbocycles. The lowest BCUT2D eigenvalue weighted by molar-refractivity contribution is 0.0130. The summed E-state index contributed by atoms with van der Waals surface area (Å²) in [4.78, 5) is 0. The monoisotopic (exact) mass is 258 g/mol. The number of methoxy groups -OCH3 is 1. The van der Waals surface area contributed by atoms with Crippen molar-refractivity contribution in [1.82, 2.24) is 0 Å². The molecule has 17 heavy (non-hydrogen) atoms. The first-order valence-corrected chi connectivity index (χ1v) is 6.14. The summed E-state index contributed by atoms with van der Waals surface area (Å²) in [7, 11) is 1.57. The molecular weight excluding hydrogens is 240 g/mol. The van der Waals surface area contributed by atoms with Gasteiger partial charge in [-0.05, 0) is 37.0 Å². The molecule has 4 heteroatoms. The van der Waals surface area contributed by atoms with E-state index < -0.39 is 12.2 Å². The minimum absolute atomic E-state index is 0.525. The van der Waals surface area contributed by atoms with Crippen molar-refractivity contribution in [2.24, 2.45) is 0 Å². The largest absolute Gasteiger partial charge is 0.495 e. The van der Waals surface area contributed by atoms with Crippen molar-refractivity contribution >= 4 is 11.6 Å². The van der Waals surface area contributed by atoms with E-state index in [1.165, 1.54) is 0 Å². The average Bonchev–Trinajstić information content (AvgIpc) is 2.35. The Morgan fingerprint density at radius 2 is 2.00 bits per heavy atom. The van der Waals surface area contributed by atoms with Crippen LogP contribution in [-0.2, 0) is 6.42 Å². The van der Waals surface area contributed by atoms with E-state index in [-0.39, 0.29) is 0 Å². The van der Waals surface area contributed by atoms with E-state index in [0.717, 1.165) is 5.56 Å². The quantitative estimate of drug-likeness (QED) is 0.824. The first-order chi connectivity index (χ1) is 8.08. The van der Waals surface area contributed by atoms with Crippen LogP contribution in [0.3, 0.4) is 0 Å². The molecule has 1 aromatic carbocycles. The summed E-state index contributed by atoms with van der Waals surface area (Å²) in [5, 5.41) is 19.7. The number of halogens is 1. The molecule has 0 radical (unpaired) electrons. The second kappa shape index (κ2) is 6.84. The van der Waals surface area contributed by atoms with Crippen LogP contribution in [0.2, 0.25) is 5.02 Å². The number of hydrogen-bond donors (Lipinski definition) is 2. The van der Waals surface area contributed by atoms with Crippen molar-refractivity contribution in [2.75, 3.05) is 7.11 Å². The summed E-state index contributed by atoms with van der Waals surface area (Å²) < 4.78 is 5.06. The Morgan fingerprint density at radius 1 is 1.29 bits per heavy atom. The van der Waals surface area contributed by atoms with Crippen molar-refractivity contribution in [1.29, 1.82) is 0 Å². The lowest BCUT2D eigenvalue weighted by Crippen LogP contribution is -2.25. The Hall–Kier alpha value is -0.770. The number of aliphatic hydroxyl groups excluding tert-OH is 2. The molecule has 1 aromatic rings. The summed E-state index contributed by atoms with van der Waals surface area (Å²) >= 11 is 6.00. The third-order valence-electron chi connectivity index (χ3n) is 2.81. The van der Waals surface area contributed by atoms with Crippen molar-refractivity contribution in [2.45, 2.75) is 38.4 Å². The van der Waals surface area contributed by atoms with Gasteiger partial charge in [-0.3, -0.25) is 0 Å². The number of benzene rings is 1. The Kier molecular flexibility index (Phi) is 5.75. The van der Waals surface area contributed by atoms with E-state index in [9.17, 15) is 10.2 Å². The van der Waals surface area contributed by atoms with Gasteiger partial charge in [-0.25, -0.2) is 0 Å². The van der Waals surface area contributed by atoms with Crippen molar-refractivity contribution in [3.05, 3.63) is 28.8 Å². The molecule has 2 unspecified atom stereocenters. The lowest BCUT2D eigenvalue weighted by Gasteiger charge is -2.16. The van der Waals surface area contributed by atoms with Crippen molar-refractivity contribution in [3.8, 4) is 5.75 Å². The average molecular weight is 259 g/mol. The van der Waals surface area contributed by atoms with Gasteiger partial charge < -0.3 is 14.9 Å². The van der Waals surface area contributed by atoms with Crippen LogP contribution < -0.4 is 4.74 Å². The van der Waals surface area contributed by atoms with Crippen LogP contribution in [-0.4, -0.2) is 29.5 Å². The van der Waals surface area contributed by atoms with E-state index in [4.69, 9.17) is 16.3 Å². The maximum atomic E-state index is 9.64. The molecule has 0 bridgehead atoms. The highest BCUT2D eigenvalue weighted by atomic mass is 35.5. The molecule has 0 spiro atoms. The highest BCUT2D eigenvalue weighted by molar-refractivity contribution is 6.32. The fourth-order valence-electron chi connectivity index (χ4n) is 1.64. The predicted molar refractivity (Wildman–Crippen MR) is 68.6 cm³/mol. The van der Waals surface area contributed by atoms with Gasteiger partial charge >= 0.3 is 0 Å². The van der Waals surface area contributed by atoms with Gasteiger partial charge in [-0.2, -0.15) is 0 Å². The molecule has 2 N–H and O–H groups in total. The highest BCUT2D eigenvalue weighted by Gasteiger charge is 2.14. The van der Waals surface area contributed by atoms with Gasteiger partial charge in [0, 0.05) is 0 Å². The van der Waals surface area contributed by atoms with Crippen LogP contribution in [0.1, 0.15) is 25.3 Å². The maximum absolute atomic E-state index is 9.64. The molecule has 1 rings (SSSR count).